The summed E-state index contributed by atoms with van der Waals surface area (Å²) in [5, 5.41) is 2.77. The van der Waals surface area contributed by atoms with Crippen LogP contribution in [0.2, 0.25) is 0 Å². The predicted molar refractivity (Wildman–Crippen MR) is 144 cm³/mol. The number of nitrogens with one attached hydrogen (secondary N) is 1. The Morgan fingerprint density at radius 2 is 1.65 bits per heavy atom. The first-order chi connectivity index (χ1) is 15.9. The Balaban J connectivity index is 1.77. The summed E-state index contributed by atoms with van der Waals surface area (Å²) in [5.74, 6) is -0.903. The first-order valence-corrected chi connectivity index (χ1v) is 11.9. The number of aryl methyl sites for hydroxylation is 2. The van der Waals surface area contributed by atoms with Crippen molar-refractivity contribution in [1.29, 1.82) is 0 Å². The minimum absolute atomic E-state index is 0.0613. The van der Waals surface area contributed by atoms with Crippen molar-refractivity contribution in [3.63, 3.8) is 0 Å². The normalized spacial score (nSPS) is 18.9. The molecule has 6 heteroatoms. The minimum Gasteiger partial charge on any atom is -0.360 e. The SMILES string of the molecule is CC1=CC(C)(C)N(C(C)C)c2ccc(/C=C3\C(=O)NC(=S)N(c4cc(C)cc(C)c4)C3=O)cc21. The summed E-state index contributed by atoms with van der Waals surface area (Å²) in [4.78, 5) is 30.0. The maximum Gasteiger partial charge on any atom is 0.270 e. The molecule has 0 atom stereocenters. The van der Waals surface area contributed by atoms with Crippen molar-refractivity contribution in [3.8, 4) is 0 Å². The lowest BCUT2D eigenvalue weighted by atomic mass is 9.86. The van der Waals surface area contributed by atoms with E-state index in [2.05, 4.69) is 57.0 Å². The van der Waals surface area contributed by atoms with Gasteiger partial charge in [0.1, 0.15) is 5.57 Å². The number of hydrogen-bond donors (Lipinski definition) is 1. The quantitative estimate of drug-likeness (QED) is 0.361. The number of rotatable bonds is 3. The highest BCUT2D eigenvalue weighted by atomic mass is 32.1. The second-order valence-electron chi connectivity index (χ2n) is 10.0. The molecule has 0 spiro atoms. The summed E-state index contributed by atoms with van der Waals surface area (Å²) in [6.45, 7) is 14.8. The van der Waals surface area contributed by atoms with Crippen LogP contribution in [0.15, 0.2) is 48.0 Å². The van der Waals surface area contributed by atoms with Gasteiger partial charge in [-0.3, -0.25) is 19.8 Å². The molecule has 0 saturated carbocycles. The maximum absolute atomic E-state index is 13.4. The lowest BCUT2D eigenvalue weighted by molar-refractivity contribution is -0.122. The van der Waals surface area contributed by atoms with Gasteiger partial charge in [0.25, 0.3) is 11.8 Å². The third-order valence-corrected chi connectivity index (χ3v) is 6.57. The number of benzene rings is 2. The molecule has 2 aliphatic rings. The highest BCUT2D eigenvalue weighted by Gasteiger charge is 2.35. The summed E-state index contributed by atoms with van der Waals surface area (Å²) in [7, 11) is 0. The molecule has 1 fully saturated rings. The van der Waals surface area contributed by atoms with E-state index in [1.807, 2.05) is 44.2 Å². The van der Waals surface area contributed by atoms with E-state index in [-0.39, 0.29) is 16.2 Å². The molecule has 4 rings (SSSR count). The van der Waals surface area contributed by atoms with Crippen LogP contribution in [0.3, 0.4) is 0 Å². The first-order valence-electron chi connectivity index (χ1n) is 11.5. The van der Waals surface area contributed by atoms with E-state index in [9.17, 15) is 9.59 Å². The van der Waals surface area contributed by atoms with Crippen molar-refractivity contribution in [2.45, 2.75) is 60.0 Å². The highest BCUT2D eigenvalue weighted by molar-refractivity contribution is 7.80. The number of amides is 2. The van der Waals surface area contributed by atoms with Crippen molar-refractivity contribution < 1.29 is 9.59 Å². The maximum atomic E-state index is 13.4. The number of carbonyl (C=O) groups excluding carboxylic acids is 2. The molecule has 2 heterocycles. The zero-order chi connectivity index (χ0) is 24.9. The summed E-state index contributed by atoms with van der Waals surface area (Å²) in [6, 6.07) is 12.2. The Labute approximate surface area is 207 Å². The molecule has 2 amide bonds. The number of allylic oxidation sites excluding steroid dienone is 1. The summed E-state index contributed by atoms with van der Waals surface area (Å²) >= 11 is 5.35. The fourth-order valence-corrected chi connectivity index (χ4v) is 5.52. The third kappa shape index (κ3) is 4.18. The molecule has 2 aromatic rings. The lowest BCUT2D eigenvalue weighted by Crippen LogP contribution is -2.54. The third-order valence-electron chi connectivity index (χ3n) is 6.29. The zero-order valence-corrected chi connectivity index (χ0v) is 21.6. The summed E-state index contributed by atoms with van der Waals surface area (Å²) in [6.07, 6.45) is 3.92. The number of carbonyl (C=O) groups is 2. The average Bonchev–Trinajstić information content (AvgIpc) is 2.69. The zero-order valence-electron chi connectivity index (χ0n) is 20.8. The summed E-state index contributed by atoms with van der Waals surface area (Å²) in [5.41, 5.74) is 6.87. The Morgan fingerprint density at radius 3 is 2.26 bits per heavy atom. The van der Waals surface area contributed by atoms with Crippen LogP contribution in [0.5, 0.6) is 0 Å². The average molecular weight is 474 g/mol. The molecule has 2 aliphatic heterocycles. The predicted octanol–water partition coefficient (Wildman–Crippen LogP) is 5.55. The van der Waals surface area contributed by atoms with Gasteiger partial charge < -0.3 is 4.90 Å². The molecule has 1 N–H and O–H groups in total. The number of nitrogens with zero attached hydrogens (tertiary/aromatic N) is 2. The van der Waals surface area contributed by atoms with Crippen LogP contribution < -0.4 is 15.1 Å². The van der Waals surface area contributed by atoms with Gasteiger partial charge in [-0.05, 0) is 113 Å². The van der Waals surface area contributed by atoms with Gasteiger partial charge in [0.15, 0.2) is 5.11 Å². The molecular formula is C28H31N3O2S. The van der Waals surface area contributed by atoms with E-state index in [1.165, 1.54) is 10.5 Å². The van der Waals surface area contributed by atoms with Crippen molar-refractivity contribution in [2.24, 2.45) is 0 Å². The minimum atomic E-state index is -0.481. The second kappa shape index (κ2) is 8.51. The van der Waals surface area contributed by atoms with Gasteiger partial charge in [-0.15, -0.1) is 0 Å². The highest BCUT2D eigenvalue weighted by Crippen LogP contribution is 2.40. The Hall–Kier alpha value is -3.25. The van der Waals surface area contributed by atoms with E-state index in [4.69, 9.17) is 12.2 Å². The molecular weight excluding hydrogens is 442 g/mol. The van der Waals surface area contributed by atoms with Crippen molar-refractivity contribution >= 4 is 52.2 Å². The molecule has 0 aromatic heterocycles. The second-order valence-corrected chi connectivity index (χ2v) is 10.4. The van der Waals surface area contributed by atoms with Gasteiger partial charge in [0, 0.05) is 17.3 Å². The Bertz CT molecular complexity index is 1270. The molecule has 0 unspecified atom stereocenters. The van der Waals surface area contributed by atoms with Crippen molar-refractivity contribution in [2.75, 3.05) is 9.80 Å². The fourth-order valence-electron chi connectivity index (χ4n) is 5.24. The number of thiocarbonyl (C=S) groups is 1. The van der Waals surface area contributed by atoms with Crippen LogP contribution in [0.4, 0.5) is 11.4 Å². The molecule has 34 heavy (non-hydrogen) atoms. The lowest BCUT2D eigenvalue weighted by Gasteiger charge is -2.46. The molecule has 1 saturated heterocycles. The van der Waals surface area contributed by atoms with Crippen molar-refractivity contribution in [1.82, 2.24) is 5.32 Å². The molecule has 2 aromatic carbocycles. The first kappa shape index (κ1) is 23.9. The molecule has 0 aliphatic carbocycles. The van der Waals surface area contributed by atoms with Gasteiger partial charge in [0.05, 0.1) is 11.2 Å². The van der Waals surface area contributed by atoms with Crippen LogP contribution in [0.1, 0.15) is 56.9 Å². The molecule has 0 bridgehead atoms. The standard InChI is InChI=1S/C28H31N3O2S/c1-16(2)31-24-9-8-20(13-22(24)19(5)15-28(31,6)7)14-23-25(32)29-27(34)30(26(23)33)21-11-17(3)10-18(4)12-21/h8-16H,1-7H3,(H,29,32,34)/b23-14+. The van der Waals surface area contributed by atoms with E-state index in [0.29, 0.717) is 11.7 Å². The largest absolute Gasteiger partial charge is 0.360 e. The number of fused-ring (bicyclic) bond motifs is 1. The van der Waals surface area contributed by atoms with E-state index >= 15 is 0 Å². The summed E-state index contributed by atoms with van der Waals surface area (Å²) < 4.78 is 0. The van der Waals surface area contributed by atoms with Gasteiger partial charge >= 0.3 is 0 Å². The van der Waals surface area contributed by atoms with Crippen LogP contribution >= 0.6 is 12.2 Å². The molecule has 0 radical (unpaired) electrons. The van der Waals surface area contributed by atoms with E-state index < -0.39 is 11.8 Å². The van der Waals surface area contributed by atoms with Crippen molar-refractivity contribution in [3.05, 3.63) is 70.3 Å². The topological polar surface area (TPSA) is 52.7 Å². The number of hydrogen-bond acceptors (Lipinski definition) is 4. The van der Waals surface area contributed by atoms with Gasteiger partial charge in [-0.25, -0.2) is 0 Å². The number of anilines is 2. The van der Waals surface area contributed by atoms with Gasteiger partial charge in [-0.2, -0.15) is 0 Å². The monoisotopic (exact) mass is 473 g/mol. The smallest absolute Gasteiger partial charge is 0.270 e. The molecule has 5 nitrogen and oxygen atoms in total. The Kier molecular flexibility index (Phi) is 5.98. The van der Waals surface area contributed by atoms with Crippen LogP contribution in [0.25, 0.3) is 11.6 Å². The van der Waals surface area contributed by atoms with E-state index in [0.717, 1.165) is 27.9 Å². The fraction of sp³-hybridized carbons (Fsp3) is 0.321. The van der Waals surface area contributed by atoms with Crippen LogP contribution in [-0.4, -0.2) is 28.5 Å². The molecule has 176 valence electrons. The van der Waals surface area contributed by atoms with Gasteiger partial charge in [0.2, 0.25) is 0 Å². The van der Waals surface area contributed by atoms with Crippen LogP contribution in [-0.2, 0) is 9.59 Å². The van der Waals surface area contributed by atoms with Crippen LogP contribution in [0, 0.1) is 13.8 Å². The Morgan fingerprint density at radius 1 is 1.00 bits per heavy atom. The van der Waals surface area contributed by atoms with E-state index in [1.54, 1.807) is 6.08 Å². The van der Waals surface area contributed by atoms with Gasteiger partial charge in [-0.1, -0.05) is 18.2 Å².